The molecule has 2 rings (SSSR count). The zero-order valence-corrected chi connectivity index (χ0v) is 12.2. The number of rotatable bonds is 5. The van der Waals surface area contributed by atoms with E-state index in [0.29, 0.717) is 19.0 Å². The highest BCUT2D eigenvalue weighted by Crippen LogP contribution is 2.27. The van der Waals surface area contributed by atoms with Crippen molar-refractivity contribution in [2.75, 3.05) is 24.6 Å². The van der Waals surface area contributed by atoms with E-state index in [1.54, 1.807) is 11.2 Å². The molecule has 1 saturated heterocycles. The first-order valence-corrected chi connectivity index (χ1v) is 8.87. The predicted octanol–water partition coefficient (Wildman–Crippen LogP) is 2.45. The Hall–Kier alpha value is -0.520. The molecule has 0 unspecified atom stereocenters. The third-order valence-electron chi connectivity index (χ3n) is 3.24. The van der Waals surface area contributed by atoms with Crippen LogP contribution in [0.15, 0.2) is 35.2 Å². The van der Waals surface area contributed by atoms with Crippen LogP contribution in [0.1, 0.15) is 13.3 Å². The van der Waals surface area contributed by atoms with E-state index >= 15 is 0 Å². The fourth-order valence-corrected chi connectivity index (χ4v) is 4.34. The number of hydrogen-bond donors (Lipinski definition) is 0. The highest BCUT2D eigenvalue weighted by molar-refractivity contribution is 7.99. The molecule has 0 N–H and O–H groups in total. The van der Waals surface area contributed by atoms with Crippen LogP contribution in [0.3, 0.4) is 0 Å². The minimum atomic E-state index is -2.99. The molecule has 0 bridgehead atoms. The Labute approximate surface area is 114 Å². The number of sulfonamides is 1. The van der Waals surface area contributed by atoms with E-state index in [-0.39, 0.29) is 5.75 Å². The molecule has 0 radical (unpaired) electrons. The molecule has 0 spiro atoms. The third-order valence-corrected chi connectivity index (χ3v) is 6.33. The summed E-state index contributed by atoms with van der Waals surface area (Å²) in [5.74, 6) is 1.70. The first kappa shape index (κ1) is 13.9. The van der Waals surface area contributed by atoms with Crippen molar-refractivity contribution in [1.29, 1.82) is 0 Å². The van der Waals surface area contributed by atoms with Crippen molar-refractivity contribution >= 4 is 21.8 Å². The lowest BCUT2D eigenvalue weighted by molar-refractivity contribution is 0.466. The van der Waals surface area contributed by atoms with E-state index < -0.39 is 10.0 Å². The van der Waals surface area contributed by atoms with Crippen molar-refractivity contribution in [3.8, 4) is 0 Å². The van der Waals surface area contributed by atoms with Gasteiger partial charge in [-0.05, 0) is 31.4 Å². The van der Waals surface area contributed by atoms with Crippen LogP contribution in [-0.2, 0) is 10.0 Å². The molecular formula is C13H19NO2S2. The molecule has 1 aliphatic rings. The molecule has 0 saturated carbocycles. The first-order chi connectivity index (χ1) is 8.62. The molecule has 100 valence electrons. The normalized spacial score (nSPS) is 21.3. The summed E-state index contributed by atoms with van der Waals surface area (Å²) >= 11 is 1.82. The van der Waals surface area contributed by atoms with Crippen LogP contribution in [-0.4, -0.2) is 37.3 Å². The molecule has 3 nitrogen and oxygen atoms in total. The second-order valence-corrected chi connectivity index (χ2v) is 7.89. The molecule has 5 heteroatoms. The molecule has 0 aromatic heterocycles. The summed E-state index contributed by atoms with van der Waals surface area (Å²) in [7, 11) is -2.99. The van der Waals surface area contributed by atoms with E-state index in [2.05, 4.69) is 12.1 Å². The monoisotopic (exact) mass is 285 g/mol. The fourth-order valence-electron chi connectivity index (χ4n) is 2.10. The number of benzene rings is 1. The van der Waals surface area contributed by atoms with Crippen LogP contribution >= 0.6 is 11.8 Å². The minimum Gasteiger partial charge on any atom is -0.212 e. The van der Waals surface area contributed by atoms with Gasteiger partial charge < -0.3 is 0 Å². The molecule has 1 fully saturated rings. The van der Waals surface area contributed by atoms with Crippen LogP contribution in [0.5, 0.6) is 0 Å². The molecule has 0 amide bonds. The van der Waals surface area contributed by atoms with E-state index in [0.717, 1.165) is 12.2 Å². The Morgan fingerprint density at radius 3 is 2.72 bits per heavy atom. The van der Waals surface area contributed by atoms with Gasteiger partial charge >= 0.3 is 0 Å². The molecule has 0 aliphatic carbocycles. The van der Waals surface area contributed by atoms with Gasteiger partial charge in [0.1, 0.15) is 0 Å². The van der Waals surface area contributed by atoms with Gasteiger partial charge in [-0.25, -0.2) is 12.7 Å². The van der Waals surface area contributed by atoms with Gasteiger partial charge in [-0.2, -0.15) is 0 Å². The largest absolute Gasteiger partial charge is 0.213 e. The number of thioether (sulfide) groups is 1. The summed E-state index contributed by atoms with van der Waals surface area (Å²) in [4.78, 5) is 1.26. The second kappa shape index (κ2) is 6.08. The summed E-state index contributed by atoms with van der Waals surface area (Å²) < 4.78 is 25.1. The lowest BCUT2D eigenvalue weighted by Gasteiger charge is -2.15. The molecule has 1 aliphatic heterocycles. The van der Waals surface area contributed by atoms with Crippen molar-refractivity contribution in [3.05, 3.63) is 30.3 Å². The molecule has 1 aromatic rings. The van der Waals surface area contributed by atoms with Gasteiger partial charge in [-0.15, -0.1) is 11.8 Å². The summed E-state index contributed by atoms with van der Waals surface area (Å²) in [5, 5.41) is 0. The van der Waals surface area contributed by atoms with E-state index in [1.165, 1.54) is 4.90 Å². The summed E-state index contributed by atoms with van der Waals surface area (Å²) in [6.45, 7) is 3.09. The smallest absolute Gasteiger partial charge is 0.212 e. The van der Waals surface area contributed by atoms with Gasteiger partial charge in [0.2, 0.25) is 10.0 Å². The molecule has 1 heterocycles. The van der Waals surface area contributed by atoms with Crippen LogP contribution in [0.4, 0.5) is 0 Å². The van der Waals surface area contributed by atoms with Gasteiger partial charge in [0, 0.05) is 23.7 Å². The van der Waals surface area contributed by atoms with Crippen LogP contribution in [0, 0.1) is 5.92 Å². The second-order valence-electron chi connectivity index (χ2n) is 4.54. The molecule has 1 aromatic carbocycles. The van der Waals surface area contributed by atoms with Gasteiger partial charge in [0.25, 0.3) is 0 Å². The lowest BCUT2D eigenvalue weighted by atomic mass is 10.2. The van der Waals surface area contributed by atoms with Crippen LogP contribution in [0.2, 0.25) is 0 Å². The first-order valence-electron chi connectivity index (χ1n) is 6.27. The van der Waals surface area contributed by atoms with Crippen molar-refractivity contribution < 1.29 is 8.42 Å². The van der Waals surface area contributed by atoms with Crippen LogP contribution < -0.4 is 0 Å². The summed E-state index contributed by atoms with van der Waals surface area (Å²) in [6.07, 6.45) is 0.985. The topological polar surface area (TPSA) is 37.4 Å². The molecule has 1 atom stereocenters. The fraction of sp³-hybridized carbons (Fsp3) is 0.538. The number of hydrogen-bond acceptors (Lipinski definition) is 3. The lowest BCUT2D eigenvalue weighted by Crippen LogP contribution is -2.30. The molecule has 18 heavy (non-hydrogen) atoms. The number of nitrogens with zero attached hydrogens (tertiary/aromatic N) is 1. The summed E-state index contributed by atoms with van der Waals surface area (Å²) in [5.41, 5.74) is 0. The standard InChI is InChI=1S/C13H19NO2S2/c1-2-18(15,16)14-9-8-12(10-14)11-17-13-6-4-3-5-7-13/h3-7,12H,2,8-11H2,1H3/t12-/m1/s1. The Bertz CT molecular complexity index is 473. The van der Waals surface area contributed by atoms with E-state index in [1.807, 2.05) is 30.0 Å². The van der Waals surface area contributed by atoms with Crippen LogP contribution in [0.25, 0.3) is 0 Å². The maximum absolute atomic E-state index is 11.7. The van der Waals surface area contributed by atoms with Gasteiger partial charge in [-0.1, -0.05) is 18.2 Å². The van der Waals surface area contributed by atoms with Gasteiger partial charge in [-0.3, -0.25) is 0 Å². The quantitative estimate of drug-likeness (QED) is 0.780. The van der Waals surface area contributed by atoms with Gasteiger partial charge in [0.05, 0.1) is 5.75 Å². The zero-order valence-electron chi connectivity index (χ0n) is 10.6. The maximum Gasteiger partial charge on any atom is 0.213 e. The van der Waals surface area contributed by atoms with Crippen molar-refractivity contribution in [2.45, 2.75) is 18.2 Å². The maximum atomic E-state index is 11.7. The third kappa shape index (κ3) is 3.49. The molecular weight excluding hydrogens is 266 g/mol. The highest BCUT2D eigenvalue weighted by atomic mass is 32.2. The van der Waals surface area contributed by atoms with Crippen molar-refractivity contribution in [3.63, 3.8) is 0 Å². The Balaban J connectivity index is 1.84. The highest BCUT2D eigenvalue weighted by Gasteiger charge is 2.29. The van der Waals surface area contributed by atoms with Crippen molar-refractivity contribution in [2.24, 2.45) is 5.92 Å². The minimum absolute atomic E-state index is 0.214. The average molecular weight is 285 g/mol. The van der Waals surface area contributed by atoms with E-state index in [9.17, 15) is 8.42 Å². The Morgan fingerprint density at radius 2 is 2.06 bits per heavy atom. The van der Waals surface area contributed by atoms with Gasteiger partial charge in [0.15, 0.2) is 0 Å². The Morgan fingerprint density at radius 1 is 1.33 bits per heavy atom. The predicted molar refractivity (Wildman–Crippen MR) is 76.3 cm³/mol. The SMILES string of the molecule is CCS(=O)(=O)N1CC[C@@H](CSc2ccccc2)C1. The Kier molecular flexibility index (Phi) is 4.70. The zero-order chi connectivity index (χ0) is 13.0. The average Bonchev–Trinajstić information content (AvgIpc) is 2.87. The van der Waals surface area contributed by atoms with Crippen molar-refractivity contribution in [1.82, 2.24) is 4.31 Å². The summed E-state index contributed by atoms with van der Waals surface area (Å²) in [6, 6.07) is 10.3. The van der Waals surface area contributed by atoms with E-state index in [4.69, 9.17) is 0 Å².